The number of nitro benzene ring substituents is 1. The summed E-state index contributed by atoms with van der Waals surface area (Å²) in [6.07, 6.45) is 4.81. The Bertz CT molecular complexity index is 1080. The van der Waals surface area contributed by atoms with Crippen LogP contribution in [0.25, 0.3) is 0 Å². The molecule has 0 aliphatic heterocycles. The van der Waals surface area contributed by atoms with Crippen molar-refractivity contribution < 1.29 is 14.1 Å². The predicted octanol–water partition coefficient (Wildman–Crippen LogP) is 5.72. The molecule has 6 nitrogen and oxygen atoms in total. The zero-order valence-electron chi connectivity index (χ0n) is 18.5. The molecule has 0 aliphatic carbocycles. The second kappa shape index (κ2) is 10.7. The summed E-state index contributed by atoms with van der Waals surface area (Å²) in [6, 6.07) is 14.9. The van der Waals surface area contributed by atoms with Gasteiger partial charge in [-0.3, -0.25) is 14.9 Å². The lowest BCUT2D eigenvalue weighted by atomic mass is 10.1. The molecule has 32 heavy (non-hydrogen) atoms. The van der Waals surface area contributed by atoms with Gasteiger partial charge in [-0.1, -0.05) is 38.0 Å². The van der Waals surface area contributed by atoms with E-state index in [0.717, 1.165) is 30.5 Å². The third kappa shape index (κ3) is 5.81. The number of hydrogen-bond acceptors (Lipinski definition) is 3. The van der Waals surface area contributed by atoms with Crippen LogP contribution in [0.15, 0.2) is 60.8 Å². The fraction of sp³-hybridized carbons (Fsp3) is 0.320. The van der Waals surface area contributed by atoms with Crippen molar-refractivity contribution >= 4 is 11.6 Å². The number of hydrogen-bond donors (Lipinski definition) is 0. The van der Waals surface area contributed by atoms with E-state index in [1.165, 1.54) is 18.2 Å². The number of amides is 1. The van der Waals surface area contributed by atoms with Crippen LogP contribution in [0.2, 0.25) is 0 Å². The summed E-state index contributed by atoms with van der Waals surface area (Å²) >= 11 is 0. The molecule has 168 valence electrons. The van der Waals surface area contributed by atoms with Gasteiger partial charge in [0.1, 0.15) is 5.82 Å². The third-order valence-electron chi connectivity index (χ3n) is 5.51. The summed E-state index contributed by atoms with van der Waals surface area (Å²) in [4.78, 5) is 25.9. The number of carbonyl (C=O) groups excluding carboxylic acids is 1. The molecule has 3 rings (SSSR count). The van der Waals surface area contributed by atoms with Crippen LogP contribution in [0.4, 0.5) is 10.1 Å². The van der Waals surface area contributed by atoms with E-state index in [0.29, 0.717) is 30.8 Å². The summed E-state index contributed by atoms with van der Waals surface area (Å²) in [7, 11) is 0. The maximum absolute atomic E-state index is 13.3. The molecule has 0 unspecified atom stereocenters. The first-order valence-corrected chi connectivity index (χ1v) is 10.8. The van der Waals surface area contributed by atoms with Crippen molar-refractivity contribution in [3.8, 4) is 0 Å². The molecule has 0 saturated heterocycles. The number of benzene rings is 2. The number of rotatable bonds is 10. The Morgan fingerprint density at radius 1 is 1.12 bits per heavy atom. The van der Waals surface area contributed by atoms with Crippen LogP contribution in [0.1, 0.15) is 53.4 Å². The molecule has 0 spiro atoms. The van der Waals surface area contributed by atoms with E-state index >= 15 is 0 Å². The third-order valence-corrected chi connectivity index (χ3v) is 5.51. The maximum atomic E-state index is 13.3. The van der Waals surface area contributed by atoms with Crippen molar-refractivity contribution in [3.63, 3.8) is 0 Å². The normalized spacial score (nSPS) is 10.8. The largest absolute Gasteiger partial charge is 0.345 e. The highest BCUT2D eigenvalue weighted by Crippen LogP contribution is 2.21. The molecule has 0 bridgehead atoms. The smallest absolute Gasteiger partial charge is 0.273 e. The molecule has 0 atom stereocenters. The first-order valence-electron chi connectivity index (χ1n) is 10.8. The molecule has 1 aromatic heterocycles. The van der Waals surface area contributed by atoms with Gasteiger partial charge < -0.3 is 9.47 Å². The lowest BCUT2D eigenvalue weighted by Crippen LogP contribution is -2.32. The van der Waals surface area contributed by atoms with Crippen molar-refractivity contribution in [1.29, 1.82) is 0 Å². The van der Waals surface area contributed by atoms with Gasteiger partial charge in [0.05, 0.1) is 11.5 Å². The summed E-state index contributed by atoms with van der Waals surface area (Å²) < 4.78 is 15.3. The SMILES string of the molecule is CCCCCN(Cc1cccn1Cc1ccc(F)cc1)C(=O)c1ccc(C)c([N+](=O)[O-])c1. The lowest BCUT2D eigenvalue weighted by Gasteiger charge is -2.24. The first kappa shape index (κ1) is 23.2. The highest BCUT2D eigenvalue weighted by Gasteiger charge is 2.21. The van der Waals surface area contributed by atoms with Crippen molar-refractivity contribution in [3.05, 3.63) is 99.1 Å². The van der Waals surface area contributed by atoms with Gasteiger partial charge in [-0.25, -0.2) is 4.39 Å². The van der Waals surface area contributed by atoms with Gasteiger partial charge in [-0.05, 0) is 49.2 Å². The molecule has 0 N–H and O–H groups in total. The van der Waals surface area contributed by atoms with Crippen molar-refractivity contribution in [2.45, 2.75) is 46.2 Å². The highest BCUT2D eigenvalue weighted by molar-refractivity contribution is 5.95. The van der Waals surface area contributed by atoms with Crippen molar-refractivity contribution in [2.75, 3.05) is 6.54 Å². The Labute approximate surface area is 187 Å². The highest BCUT2D eigenvalue weighted by atomic mass is 19.1. The van der Waals surface area contributed by atoms with Crippen LogP contribution < -0.4 is 0 Å². The molecular weight excluding hydrogens is 409 g/mol. The van der Waals surface area contributed by atoms with Gasteiger partial charge in [-0.15, -0.1) is 0 Å². The Kier molecular flexibility index (Phi) is 7.76. The average Bonchev–Trinajstić information content (AvgIpc) is 3.21. The number of aromatic nitrogens is 1. The Balaban J connectivity index is 1.83. The van der Waals surface area contributed by atoms with E-state index in [2.05, 4.69) is 6.92 Å². The predicted molar refractivity (Wildman–Crippen MR) is 122 cm³/mol. The summed E-state index contributed by atoms with van der Waals surface area (Å²) in [5, 5.41) is 11.3. The van der Waals surface area contributed by atoms with Gasteiger partial charge in [0.2, 0.25) is 0 Å². The van der Waals surface area contributed by atoms with Crippen LogP contribution in [0.3, 0.4) is 0 Å². The number of unbranched alkanes of at least 4 members (excludes halogenated alkanes) is 2. The second-order valence-corrected chi connectivity index (χ2v) is 7.95. The van der Waals surface area contributed by atoms with Crippen LogP contribution in [-0.4, -0.2) is 26.8 Å². The topological polar surface area (TPSA) is 68.4 Å². The molecule has 7 heteroatoms. The van der Waals surface area contributed by atoms with E-state index in [9.17, 15) is 19.3 Å². The van der Waals surface area contributed by atoms with Crippen molar-refractivity contribution in [2.24, 2.45) is 0 Å². The van der Waals surface area contributed by atoms with E-state index in [1.54, 1.807) is 36.1 Å². The van der Waals surface area contributed by atoms with E-state index in [1.807, 2.05) is 22.9 Å². The maximum Gasteiger partial charge on any atom is 0.273 e. The summed E-state index contributed by atoms with van der Waals surface area (Å²) in [5.74, 6) is -0.500. The molecule has 0 saturated carbocycles. The molecule has 1 heterocycles. The average molecular weight is 438 g/mol. The van der Waals surface area contributed by atoms with E-state index < -0.39 is 4.92 Å². The molecule has 3 aromatic rings. The molecule has 1 amide bonds. The summed E-state index contributed by atoms with van der Waals surface area (Å²) in [5.41, 5.74) is 2.69. The monoisotopic (exact) mass is 437 g/mol. The quantitative estimate of drug-likeness (QED) is 0.231. The van der Waals surface area contributed by atoms with Crippen molar-refractivity contribution in [1.82, 2.24) is 9.47 Å². The Morgan fingerprint density at radius 3 is 2.56 bits per heavy atom. The Morgan fingerprint density at radius 2 is 1.88 bits per heavy atom. The van der Waals surface area contributed by atoms with Gasteiger partial charge in [0.15, 0.2) is 0 Å². The number of carbonyl (C=O) groups is 1. The number of halogens is 1. The summed E-state index contributed by atoms with van der Waals surface area (Å²) in [6.45, 7) is 5.28. The van der Waals surface area contributed by atoms with Crippen LogP contribution >= 0.6 is 0 Å². The first-order chi connectivity index (χ1) is 15.4. The zero-order valence-corrected chi connectivity index (χ0v) is 18.5. The van der Waals surface area contributed by atoms with Gasteiger partial charge in [-0.2, -0.15) is 0 Å². The Hall–Kier alpha value is -3.48. The zero-order chi connectivity index (χ0) is 23.1. The fourth-order valence-corrected chi connectivity index (χ4v) is 3.66. The molecule has 0 radical (unpaired) electrons. The molecule has 2 aromatic carbocycles. The molecular formula is C25H28FN3O3. The molecule has 0 fully saturated rings. The van der Waals surface area contributed by atoms with Gasteiger partial charge in [0.25, 0.3) is 11.6 Å². The minimum absolute atomic E-state index is 0.0518. The van der Waals surface area contributed by atoms with Crippen LogP contribution in [0, 0.1) is 22.9 Å². The van der Waals surface area contributed by atoms with Crippen LogP contribution in [0.5, 0.6) is 0 Å². The number of nitro groups is 1. The number of aryl methyl sites for hydroxylation is 1. The van der Waals surface area contributed by atoms with E-state index in [4.69, 9.17) is 0 Å². The lowest BCUT2D eigenvalue weighted by molar-refractivity contribution is -0.385. The number of nitrogens with zero attached hydrogens (tertiary/aromatic N) is 3. The minimum Gasteiger partial charge on any atom is -0.345 e. The minimum atomic E-state index is -0.457. The fourth-order valence-electron chi connectivity index (χ4n) is 3.66. The standard InChI is InChI=1S/C25H28FN3O3/c1-3-4-5-14-28(25(30)21-11-8-19(2)24(16-21)29(31)32)18-23-7-6-15-27(23)17-20-9-12-22(26)13-10-20/h6-13,15-16H,3-5,14,17-18H2,1-2H3. The van der Waals surface area contributed by atoms with Gasteiger partial charge >= 0.3 is 0 Å². The second-order valence-electron chi connectivity index (χ2n) is 7.95. The van der Waals surface area contributed by atoms with E-state index in [-0.39, 0.29) is 17.4 Å². The van der Waals surface area contributed by atoms with Crippen LogP contribution in [-0.2, 0) is 13.1 Å². The van der Waals surface area contributed by atoms with Gasteiger partial charge in [0, 0.05) is 42.2 Å². The molecule has 0 aliphatic rings.